The number of amides is 1. The number of sulfonamides is 1. The first-order valence-electron chi connectivity index (χ1n) is 8.82. The molecular formula is C17H21F3N2O4S. The summed E-state index contributed by atoms with van der Waals surface area (Å²) in [5, 5.41) is 0. The molecule has 0 aromatic heterocycles. The molecule has 0 atom stereocenters. The van der Waals surface area contributed by atoms with Crippen LogP contribution in [0.5, 0.6) is 5.75 Å². The highest BCUT2D eigenvalue weighted by Crippen LogP contribution is 2.33. The van der Waals surface area contributed by atoms with Gasteiger partial charge in [0, 0.05) is 32.1 Å². The lowest BCUT2D eigenvalue weighted by Gasteiger charge is -2.32. The van der Waals surface area contributed by atoms with Crippen molar-refractivity contribution < 1.29 is 31.1 Å². The number of halogens is 3. The van der Waals surface area contributed by atoms with Crippen LogP contribution in [0.2, 0.25) is 0 Å². The predicted octanol–water partition coefficient (Wildman–Crippen LogP) is 2.61. The third-order valence-corrected chi connectivity index (χ3v) is 6.85. The van der Waals surface area contributed by atoms with Crippen molar-refractivity contribution in [1.29, 1.82) is 0 Å². The molecule has 10 heteroatoms. The van der Waals surface area contributed by atoms with Gasteiger partial charge in [-0.2, -0.15) is 4.31 Å². The van der Waals surface area contributed by atoms with E-state index in [1.807, 2.05) is 0 Å². The molecule has 0 aliphatic carbocycles. The largest absolute Gasteiger partial charge is 0.573 e. The fraction of sp³-hybridized carbons (Fsp3) is 0.588. The first-order chi connectivity index (χ1) is 12.7. The second-order valence-electron chi connectivity index (χ2n) is 6.71. The molecule has 1 amide bonds. The second-order valence-corrected chi connectivity index (χ2v) is 8.61. The van der Waals surface area contributed by atoms with Crippen LogP contribution >= 0.6 is 0 Å². The molecule has 1 aromatic carbocycles. The van der Waals surface area contributed by atoms with E-state index in [0.717, 1.165) is 42.4 Å². The number of likely N-dealkylation sites (tertiary alicyclic amines) is 1. The van der Waals surface area contributed by atoms with E-state index < -0.39 is 27.0 Å². The Labute approximate surface area is 155 Å². The van der Waals surface area contributed by atoms with Gasteiger partial charge in [0.25, 0.3) is 0 Å². The molecule has 6 nitrogen and oxygen atoms in total. The van der Waals surface area contributed by atoms with Crippen LogP contribution in [0.1, 0.15) is 25.7 Å². The number of piperidine rings is 1. The molecule has 2 aliphatic rings. The Bertz CT molecular complexity index is 784. The van der Waals surface area contributed by atoms with E-state index in [0.29, 0.717) is 12.8 Å². The minimum atomic E-state index is -4.99. The Morgan fingerprint density at radius 2 is 1.63 bits per heavy atom. The molecule has 27 heavy (non-hydrogen) atoms. The molecule has 2 heterocycles. The van der Waals surface area contributed by atoms with Crippen molar-refractivity contribution in [3.63, 3.8) is 0 Å². The molecule has 0 saturated carbocycles. The molecular weight excluding hydrogens is 385 g/mol. The Kier molecular flexibility index (Phi) is 5.66. The van der Waals surface area contributed by atoms with Gasteiger partial charge in [-0.3, -0.25) is 4.79 Å². The number of hydrogen-bond donors (Lipinski definition) is 0. The third kappa shape index (κ3) is 4.55. The molecule has 0 N–H and O–H groups in total. The zero-order valence-electron chi connectivity index (χ0n) is 14.6. The standard InChI is InChI=1S/C17H21F3N2O4S/c18-17(19,20)26-14-5-1-2-6-15(14)27(24,25)22-11-7-13(8-12-22)16(23)21-9-3-4-10-21/h1-2,5-6,13H,3-4,7-12H2. The minimum Gasteiger partial charge on any atom is -0.404 e. The molecule has 0 spiro atoms. The summed E-state index contributed by atoms with van der Waals surface area (Å²) < 4.78 is 68.3. The maximum absolute atomic E-state index is 12.8. The van der Waals surface area contributed by atoms with Gasteiger partial charge in [0.15, 0.2) is 0 Å². The lowest BCUT2D eigenvalue weighted by atomic mass is 9.97. The van der Waals surface area contributed by atoms with Gasteiger partial charge in [0.05, 0.1) is 0 Å². The number of ether oxygens (including phenoxy) is 1. The fourth-order valence-corrected chi connectivity index (χ4v) is 5.13. The van der Waals surface area contributed by atoms with E-state index in [-0.39, 0.29) is 24.9 Å². The molecule has 3 rings (SSSR count). The molecule has 2 saturated heterocycles. The number of nitrogens with zero attached hydrogens (tertiary/aromatic N) is 2. The van der Waals surface area contributed by atoms with Crippen molar-refractivity contribution in [3.05, 3.63) is 24.3 Å². The summed E-state index contributed by atoms with van der Waals surface area (Å²) in [6, 6.07) is 4.70. The van der Waals surface area contributed by atoms with Crippen LogP contribution in [0.4, 0.5) is 13.2 Å². The average molecular weight is 406 g/mol. The van der Waals surface area contributed by atoms with Crippen LogP contribution in [-0.4, -0.2) is 56.1 Å². The zero-order chi connectivity index (χ0) is 19.7. The Morgan fingerprint density at radius 1 is 1.04 bits per heavy atom. The molecule has 1 aromatic rings. The summed E-state index contributed by atoms with van der Waals surface area (Å²) in [5.74, 6) is -0.943. The smallest absolute Gasteiger partial charge is 0.404 e. The second kappa shape index (κ2) is 7.67. The molecule has 0 bridgehead atoms. The average Bonchev–Trinajstić information content (AvgIpc) is 3.15. The zero-order valence-corrected chi connectivity index (χ0v) is 15.4. The molecule has 0 radical (unpaired) electrons. The maximum atomic E-state index is 12.8. The third-order valence-electron chi connectivity index (χ3n) is 4.91. The molecule has 2 fully saturated rings. The van der Waals surface area contributed by atoms with Crippen LogP contribution in [0.25, 0.3) is 0 Å². The van der Waals surface area contributed by atoms with Crippen LogP contribution in [-0.2, 0) is 14.8 Å². The highest BCUT2D eigenvalue weighted by atomic mass is 32.2. The van der Waals surface area contributed by atoms with Crippen molar-refractivity contribution in [3.8, 4) is 5.75 Å². The van der Waals surface area contributed by atoms with E-state index in [9.17, 15) is 26.4 Å². The number of carbonyl (C=O) groups excluding carboxylic acids is 1. The summed E-state index contributed by atoms with van der Waals surface area (Å²) in [4.78, 5) is 13.7. The summed E-state index contributed by atoms with van der Waals surface area (Å²) in [5.41, 5.74) is 0. The maximum Gasteiger partial charge on any atom is 0.573 e. The molecule has 150 valence electrons. The lowest BCUT2D eigenvalue weighted by molar-refractivity contribution is -0.275. The van der Waals surface area contributed by atoms with Crippen molar-refractivity contribution in [1.82, 2.24) is 9.21 Å². The van der Waals surface area contributed by atoms with Crippen LogP contribution < -0.4 is 4.74 Å². The van der Waals surface area contributed by atoms with Crippen molar-refractivity contribution in [2.24, 2.45) is 5.92 Å². The van der Waals surface area contributed by atoms with E-state index in [1.54, 1.807) is 4.90 Å². The predicted molar refractivity (Wildman–Crippen MR) is 90.4 cm³/mol. The van der Waals surface area contributed by atoms with Gasteiger partial charge in [0.1, 0.15) is 10.6 Å². The van der Waals surface area contributed by atoms with Crippen LogP contribution in [0.3, 0.4) is 0 Å². The monoisotopic (exact) mass is 406 g/mol. The number of alkyl halides is 3. The number of para-hydroxylation sites is 1. The van der Waals surface area contributed by atoms with E-state index >= 15 is 0 Å². The Morgan fingerprint density at radius 3 is 2.22 bits per heavy atom. The van der Waals surface area contributed by atoms with E-state index in [1.165, 1.54) is 12.1 Å². The van der Waals surface area contributed by atoms with Gasteiger partial charge in [0.2, 0.25) is 15.9 Å². The summed E-state index contributed by atoms with van der Waals surface area (Å²) >= 11 is 0. The van der Waals surface area contributed by atoms with Crippen LogP contribution in [0.15, 0.2) is 29.2 Å². The van der Waals surface area contributed by atoms with Gasteiger partial charge < -0.3 is 9.64 Å². The van der Waals surface area contributed by atoms with Crippen LogP contribution in [0, 0.1) is 5.92 Å². The SMILES string of the molecule is O=C(C1CCN(S(=O)(=O)c2ccccc2OC(F)(F)F)CC1)N1CCCC1. The lowest BCUT2D eigenvalue weighted by Crippen LogP contribution is -2.43. The Hall–Kier alpha value is -1.81. The summed E-state index contributed by atoms with van der Waals surface area (Å²) in [6.45, 7) is 1.65. The van der Waals surface area contributed by atoms with Gasteiger partial charge in [-0.05, 0) is 37.8 Å². The van der Waals surface area contributed by atoms with Gasteiger partial charge in [-0.25, -0.2) is 8.42 Å². The molecule has 2 aliphatic heterocycles. The number of benzene rings is 1. The van der Waals surface area contributed by atoms with E-state index in [4.69, 9.17) is 0 Å². The minimum absolute atomic E-state index is 0.0466. The normalized spacial score (nSPS) is 20.0. The first-order valence-corrected chi connectivity index (χ1v) is 10.3. The van der Waals surface area contributed by atoms with E-state index in [2.05, 4.69) is 4.74 Å². The molecule has 0 unspecified atom stereocenters. The number of rotatable bonds is 4. The highest BCUT2D eigenvalue weighted by molar-refractivity contribution is 7.89. The first kappa shape index (κ1) is 19.9. The van der Waals surface area contributed by atoms with Gasteiger partial charge >= 0.3 is 6.36 Å². The van der Waals surface area contributed by atoms with Crippen molar-refractivity contribution in [2.45, 2.75) is 36.9 Å². The van der Waals surface area contributed by atoms with Gasteiger partial charge in [-0.1, -0.05) is 12.1 Å². The summed E-state index contributed by atoms with van der Waals surface area (Å²) in [7, 11) is -4.15. The Balaban J connectivity index is 1.71. The quantitative estimate of drug-likeness (QED) is 0.771. The number of carbonyl (C=O) groups is 1. The topological polar surface area (TPSA) is 66.9 Å². The fourth-order valence-electron chi connectivity index (χ4n) is 3.55. The summed E-state index contributed by atoms with van der Waals surface area (Å²) in [6.07, 6.45) is -2.31. The van der Waals surface area contributed by atoms with Gasteiger partial charge in [-0.15, -0.1) is 13.2 Å². The van der Waals surface area contributed by atoms with Crippen molar-refractivity contribution >= 4 is 15.9 Å². The van der Waals surface area contributed by atoms with Crippen molar-refractivity contribution in [2.75, 3.05) is 26.2 Å². The highest BCUT2D eigenvalue weighted by Gasteiger charge is 2.38. The number of hydrogen-bond acceptors (Lipinski definition) is 4.